The lowest BCUT2D eigenvalue weighted by Crippen LogP contribution is -2.43. The van der Waals surface area contributed by atoms with Gasteiger partial charge in [-0.2, -0.15) is 0 Å². The van der Waals surface area contributed by atoms with Gasteiger partial charge in [0.2, 0.25) is 0 Å². The molecule has 0 aromatic rings. The zero-order valence-corrected chi connectivity index (χ0v) is 19.8. The van der Waals surface area contributed by atoms with Crippen LogP contribution in [0.3, 0.4) is 0 Å². The number of hydrogen-bond acceptors (Lipinski definition) is 3. The van der Waals surface area contributed by atoms with E-state index in [1.165, 1.54) is 26.4 Å². The Labute approximate surface area is 163 Å². The number of unbranched alkanes of at least 4 members (excludes halogenated alkanes) is 3. The molecule has 0 radical (unpaired) electrons. The highest BCUT2D eigenvalue weighted by Crippen LogP contribution is 2.37. The minimum atomic E-state index is -1.77. The average molecular weight is 383 g/mol. The summed E-state index contributed by atoms with van der Waals surface area (Å²) in [5, 5.41) is 0.198. The van der Waals surface area contributed by atoms with Crippen LogP contribution in [-0.2, 0) is 14.0 Å². The van der Waals surface area contributed by atoms with Crippen molar-refractivity contribution in [1.29, 1.82) is 0 Å². The molecule has 3 nitrogen and oxygen atoms in total. The van der Waals surface area contributed by atoms with Crippen LogP contribution in [-0.4, -0.2) is 28.0 Å². The second-order valence-corrected chi connectivity index (χ2v) is 14.3. The van der Waals surface area contributed by atoms with Crippen molar-refractivity contribution in [3.63, 3.8) is 0 Å². The fourth-order valence-electron chi connectivity index (χ4n) is 2.24. The summed E-state index contributed by atoms with van der Waals surface area (Å²) in [6.45, 7) is 18.4. The Bertz CT molecular complexity index is 478. The van der Waals surface area contributed by atoms with Gasteiger partial charge in [-0.05, 0) is 38.4 Å². The Balaban J connectivity index is 4.90. The predicted molar refractivity (Wildman–Crippen MR) is 114 cm³/mol. The predicted octanol–water partition coefficient (Wildman–Crippen LogP) is 6.19. The molecule has 0 spiro atoms. The van der Waals surface area contributed by atoms with Crippen LogP contribution in [0, 0.1) is 23.2 Å². The van der Waals surface area contributed by atoms with Crippen LogP contribution in [0.25, 0.3) is 0 Å². The van der Waals surface area contributed by atoms with Gasteiger partial charge in [-0.15, -0.1) is 0 Å². The Kier molecular flexibility index (Phi) is 10.8. The summed E-state index contributed by atoms with van der Waals surface area (Å²) >= 11 is 0. The van der Waals surface area contributed by atoms with Crippen molar-refractivity contribution in [2.24, 2.45) is 11.3 Å². The van der Waals surface area contributed by atoms with Crippen LogP contribution in [0.4, 0.5) is 0 Å². The first kappa shape index (κ1) is 25.2. The van der Waals surface area contributed by atoms with E-state index >= 15 is 0 Å². The number of methoxy groups -OCH3 is 1. The van der Waals surface area contributed by atoms with E-state index in [-0.39, 0.29) is 22.3 Å². The van der Waals surface area contributed by atoms with Crippen LogP contribution < -0.4 is 0 Å². The molecule has 0 amide bonds. The van der Waals surface area contributed by atoms with E-state index in [0.717, 1.165) is 12.8 Å². The van der Waals surface area contributed by atoms with Gasteiger partial charge in [-0.25, -0.2) is 0 Å². The Morgan fingerprint density at radius 2 is 1.69 bits per heavy atom. The molecular formula is C22H42O3Si. The maximum atomic E-state index is 11.7. The first-order valence-electron chi connectivity index (χ1n) is 10.1. The van der Waals surface area contributed by atoms with Crippen molar-refractivity contribution < 1.29 is 14.0 Å². The fraction of sp³-hybridized carbons (Fsp3) is 0.864. The first-order valence-corrected chi connectivity index (χ1v) is 13.0. The Morgan fingerprint density at radius 1 is 1.08 bits per heavy atom. The smallest absolute Gasteiger partial charge is 0.306 e. The van der Waals surface area contributed by atoms with Gasteiger partial charge < -0.3 is 9.16 Å². The molecule has 0 bridgehead atoms. The lowest BCUT2D eigenvalue weighted by molar-refractivity contribution is -0.141. The van der Waals surface area contributed by atoms with E-state index in [2.05, 4.69) is 66.5 Å². The van der Waals surface area contributed by atoms with Crippen molar-refractivity contribution in [2.75, 3.05) is 13.7 Å². The van der Waals surface area contributed by atoms with Crippen LogP contribution in [0.5, 0.6) is 0 Å². The molecule has 0 fully saturated rings. The average Bonchev–Trinajstić information content (AvgIpc) is 2.53. The Morgan fingerprint density at radius 3 is 2.19 bits per heavy atom. The molecule has 0 N–H and O–H groups in total. The summed E-state index contributed by atoms with van der Waals surface area (Å²) in [7, 11) is -0.330. The van der Waals surface area contributed by atoms with Crippen LogP contribution in [0.2, 0.25) is 18.1 Å². The van der Waals surface area contributed by atoms with Crippen molar-refractivity contribution >= 4 is 14.3 Å². The summed E-state index contributed by atoms with van der Waals surface area (Å²) in [4.78, 5) is 11.7. The molecule has 0 saturated carbocycles. The molecular weight excluding hydrogens is 340 g/mol. The first-order chi connectivity index (χ1) is 11.8. The van der Waals surface area contributed by atoms with Crippen molar-refractivity contribution in [2.45, 2.75) is 98.2 Å². The second kappa shape index (κ2) is 11.1. The van der Waals surface area contributed by atoms with Gasteiger partial charge >= 0.3 is 5.97 Å². The molecule has 26 heavy (non-hydrogen) atoms. The highest BCUT2D eigenvalue weighted by atomic mass is 28.4. The largest absolute Gasteiger partial charge is 0.469 e. The molecule has 0 aliphatic heterocycles. The molecule has 0 aromatic carbocycles. The maximum Gasteiger partial charge on any atom is 0.306 e. The summed E-state index contributed by atoms with van der Waals surface area (Å²) < 4.78 is 11.2. The number of rotatable bonds is 10. The number of hydrogen-bond donors (Lipinski definition) is 0. The molecule has 1 atom stereocenters. The summed E-state index contributed by atoms with van der Waals surface area (Å²) in [6, 6.07) is 0. The second-order valence-electron chi connectivity index (χ2n) is 9.53. The monoisotopic (exact) mass is 382 g/mol. The highest BCUT2D eigenvalue weighted by Gasteiger charge is 2.38. The number of carbonyl (C=O) groups is 1. The van der Waals surface area contributed by atoms with Gasteiger partial charge in [-0.3, -0.25) is 4.79 Å². The molecule has 0 heterocycles. The minimum absolute atomic E-state index is 0.0754. The normalized spacial score (nSPS) is 13.7. The number of esters is 1. The van der Waals surface area contributed by atoms with Gasteiger partial charge in [0.15, 0.2) is 8.32 Å². The minimum Gasteiger partial charge on any atom is -0.469 e. The van der Waals surface area contributed by atoms with Gasteiger partial charge in [0.25, 0.3) is 0 Å². The molecule has 152 valence electrons. The molecule has 0 aliphatic rings. The van der Waals surface area contributed by atoms with Crippen molar-refractivity contribution in [3.05, 3.63) is 0 Å². The molecule has 0 unspecified atom stereocenters. The molecule has 4 heteroatoms. The quantitative estimate of drug-likeness (QED) is 0.196. The van der Waals surface area contributed by atoms with Gasteiger partial charge in [0.1, 0.15) is 0 Å². The third-order valence-corrected chi connectivity index (χ3v) is 9.74. The molecule has 0 rings (SSSR count). The topological polar surface area (TPSA) is 35.5 Å². The molecule has 0 saturated heterocycles. The number of carbonyl (C=O) groups excluding carboxylic acids is 1. The van der Waals surface area contributed by atoms with Gasteiger partial charge in [0.05, 0.1) is 13.5 Å². The SMILES string of the molecule is CCCCCC[C@H](C#CC(C)(C)CO[Si](C)(C)C(C)(C)C)CC(=O)OC. The van der Waals surface area contributed by atoms with Crippen molar-refractivity contribution in [1.82, 2.24) is 0 Å². The van der Waals surface area contributed by atoms with Crippen LogP contribution in [0.1, 0.15) is 80.1 Å². The van der Waals surface area contributed by atoms with E-state index in [9.17, 15) is 4.79 Å². The van der Waals surface area contributed by atoms with E-state index in [1.54, 1.807) is 0 Å². The van der Waals surface area contributed by atoms with E-state index in [4.69, 9.17) is 9.16 Å². The third-order valence-electron chi connectivity index (χ3n) is 5.26. The summed E-state index contributed by atoms with van der Waals surface area (Å²) in [5.74, 6) is 6.66. The summed E-state index contributed by atoms with van der Waals surface area (Å²) in [5.41, 5.74) is -0.215. The van der Waals surface area contributed by atoms with E-state index < -0.39 is 8.32 Å². The fourth-order valence-corrected chi connectivity index (χ4v) is 3.39. The standard InChI is InChI=1S/C22H42O3Si/c1-10-11-12-13-14-19(17-20(23)24-7)15-16-22(5,6)18-25-26(8,9)21(2,3)4/h19H,10-14,17-18H2,1-9H3/t19-/m1/s1. The highest BCUT2D eigenvalue weighted by molar-refractivity contribution is 6.74. The van der Waals surface area contributed by atoms with E-state index in [1.807, 2.05) is 0 Å². The Hall–Kier alpha value is -0.793. The lowest BCUT2D eigenvalue weighted by Gasteiger charge is -2.38. The van der Waals surface area contributed by atoms with Crippen LogP contribution >= 0.6 is 0 Å². The summed E-state index contributed by atoms with van der Waals surface area (Å²) in [6.07, 6.45) is 6.12. The zero-order valence-electron chi connectivity index (χ0n) is 18.8. The molecule has 0 aliphatic carbocycles. The van der Waals surface area contributed by atoms with Crippen molar-refractivity contribution in [3.8, 4) is 11.8 Å². The van der Waals surface area contributed by atoms with Crippen LogP contribution in [0.15, 0.2) is 0 Å². The van der Waals surface area contributed by atoms with Gasteiger partial charge in [0, 0.05) is 17.9 Å². The lowest BCUT2D eigenvalue weighted by atomic mass is 9.92. The molecule has 0 aromatic heterocycles. The van der Waals surface area contributed by atoms with Gasteiger partial charge in [-0.1, -0.05) is 65.2 Å². The maximum absolute atomic E-state index is 11.7. The third kappa shape index (κ3) is 10.4. The number of ether oxygens (including phenoxy) is 1. The van der Waals surface area contributed by atoms with E-state index in [0.29, 0.717) is 13.0 Å². The zero-order chi connectivity index (χ0) is 20.4.